The van der Waals surface area contributed by atoms with Crippen LogP contribution < -0.4 is 0 Å². The summed E-state index contributed by atoms with van der Waals surface area (Å²) < 4.78 is 42.1. The molecule has 1 heterocycles. The molecule has 0 N–H and O–H groups in total. The molecule has 24 heavy (non-hydrogen) atoms. The minimum Gasteiger partial charge on any atom is -0.291 e. The van der Waals surface area contributed by atoms with Crippen molar-refractivity contribution < 1.29 is 13.2 Å². The number of alkyl halides is 2. The summed E-state index contributed by atoms with van der Waals surface area (Å²) in [5.74, 6) is -1.39. The van der Waals surface area contributed by atoms with Crippen molar-refractivity contribution in [3.8, 4) is 0 Å². The molecule has 2 aromatic rings. The second-order valence-corrected chi connectivity index (χ2v) is 7.11. The standard InChI is InChI=1S/C19H18F3NS/c1-14-6-8-17(9-7-14)24-19(21,22)18(20)10-11-23-12-15-4-2-3-5-16(15)13-23/h2-10H,11-13H2,1H3/b18-10-. The molecule has 2 aromatic carbocycles. The number of rotatable bonds is 5. The first kappa shape index (κ1) is 17.1. The average molecular weight is 349 g/mol. The summed E-state index contributed by atoms with van der Waals surface area (Å²) >= 11 is 0.237. The van der Waals surface area contributed by atoms with Crippen LogP contribution in [0.5, 0.6) is 0 Å². The van der Waals surface area contributed by atoms with Crippen molar-refractivity contribution in [2.75, 3.05) is 6.54 Å². The molecule has 0 fully saturated rings. The van der Waals surface area contributed by atoms with Gasteiger partial charge >= 0.3 is 5.25 Å². The largest absolute Gasteiger partial charge is 0.348 e. The highest BCUT2D eigenvalue weighted by Gasteiger charge is 2.36. The predicted molar refractivity (Wildman–Crippen MR) is 91.7 cm³/mol. The van der Waals surface area contributed by atoms with E-state index in [4.69, 9.17) is 0 Å². The van der Waals surface area contributed by atoms with Crippen LogP contribution in [0, 0.1) is 6.92 Å². The average Bonchev–Trinajstić information content (AvgIpc) is 2.97. The number of hydrogen-bond acceptors (Lipinski definition) is 2. The Kier molecular flexibility index (Phi) is 5.01. The van der Waals surface area contributed by atoms with E-state index in [-0.39, 0.29) is 18.3 Å². The minimum absolute atomic E-state index is 0.171. The maximum Gasteiger partial charge on any atom is 0.348 e. The lowest BCUT2D eigenvalue weighted by Crippen LogP contribution is -2.18. The summed E-state index contributed by atoms with van der Waals surface area (Å²) in [4.78, 5) is 2.29. The molecule has 0 saturated heterocycles. The lowest BCUT2D eigenvalue weighted by atomic mass is 10.1. The van der Waals surface area contributed by atoms with Gasteiger partial charge in [0.2, 0.25) is 0 Å². The summed E-state index contributed by atoms with van der Waals surface area (Å²) in [6, 6.07) is 14.6. The van der Waals surface area contributed by atoms with Gasteiger partial charge in [-0.15, -0.1) is 0 Å². The van der Waals surface area contributed by atoms with Crippen molar-refractivity contribution in [1.29, 1.82) is 0 Å². The van der Waals surface area contributed by atoms with Gasteiger partial charge in [0.05, 0.1) is 0 Å². The molecule has 0 amide bonds. The van der Waals surface area contributed by atoms with Crippen LogP contribution in [0.4, 0.5) is 13.2 Å². The van der Waals surface area contributed by atoms with E-state index >= 15 is 0 Å². The molecule has 0 spiro atoms. The molecular formula is C19H18F3NS. The highest BCUT2D eigenvalue weighted by molar-refractivity contribution is 8.00. The van der Waals surface area contributed by atoms with E-state index in [1.54, 1.807) is 24.3 Å². The molecule has 1 nitrogen and oxygen atoms in total. The van der Waals surface area contributed by atoms with Gasteiger partial charge in [-0.2, -0.15) is 8.78 Å². The molecule has 0 radical (unpaired) electrons. The first-order valence-electron chi connectivity index (χ1n) is 7.73. The molecule has 0 atom stereocenters. The van der Waals surface area contributed by atoms with E-state index in [9.17, 15) is 13.2 Å². The van der Waals surface area contributed by atoms with Gasteiger partial charge in [0.1, 0.15) is 0 Å². The Hall–Kier alpha value is -1.72. The van der Waals surface area contributed by atoms with Gasteiger partial charge in [0.15, 0.2) is 5.83 Å². The fourth-order valence-corrected chi connectivity index (χ4v) is 3.41. The van der Waals surface area contributed by atoms with E-state index in [2.05, 4.69) is 0 Å². The number of aryl methyl sites for hydroxylation is 1. The van der Waals surface area contributed by atoms with Crippen molar-refractivity contribution in [3.05, 3.63) is 77.1 Å². The molecular weight excluding hydrogens is 331 g/mol. The fraction of sp³-hybridized carbons (Fsp3) is 0.263. The van der Waals surface area contributed by atoms with Gasteiger partial charge in [0, 0.05) is 24.5 Å². The van der Waals surface area contributed by atoms with E-state index < -0.39 is 11.1 Å². The van der Waals surface area contributed by atoms with Crippen molar-refractivity contribution in [2.45, 2.75) is 30.2 Å². The van der Waals surface area contributed by atoms with Crippen LogP contribution in [-0.4, -0.2) is 16.7 Å². The lowest BCUT2D eigenvalue weighted by molar-refractivity contribution is 0.117. The number of nitrogens with zero attached hydrogens (tertiary/aromatic N) is 1. The Morgan fingerprint density at radius 1 is 1.08 bits per heavy atom. The first-order chi connectivity index (χ1) is 11.4. The van der Waals surface area contributed by atoms with E-state index in [1.165, 1.54) is 11.1 Å². The van der Waals surface area contributed by atoms with Gasteiger partial charge in [0.25, 0.3) is 0 Å². The molecule has 0 aromatic heterocycles. The summed E-state index contributed by atoms with van der Waals surface area (Å²) in [5.41, 5.74) is 3.33. The smallest absolute Gasteiger partial charge is 0.291 e. The number of hydrogen-bond donors (Lipinski definition) is 0. The number of benzene rings is 2. The Balaban J connectivity index is 1.61. The summed E-state index contributed by atoms with van der Waals surface area (Å²) in [6.45, 7) is 3.37. The quantitative estimate of drug-likeness (QED) is 0.651. The number of fused-ring (bicyclic) bond motifs is 1. The zero-order valence-corrected chi connectivity index (χ0v) is 14.1. The molecule has 1 aliphatic rings. The minimum atomic E-state index is -3.55. The number of thioether (sulfide) groups is 1. The SMILES string of the molecule is Cc1ccc(SC(F)(F)/C(F)=C/CN2Cc3ccccc3C2)cc1. The first-order valence-corrected chi connectivity index (χ1v) is 8.54. The van der Waals surface area contributed by atoms with Gasteiger partial charge in [-0.3, -0.25) is 4.90 Å². The van der Waals surface area contributed by atoms with Crippen molar-refractivity contribution in [1.82, 2.24) is 4.90 Å². The molecule has 3 rings (SSSR count). The highest BCUT2D eigenvalue weighted by Crippen LogP contribution is 2.42. The molecule has 0 bridgehead atoms. The van der Waals surface area contributed by atoms with Crippen molar-refractivity contribution in [2.24, 2.45) is 0 Å². The second-order valence-electron chi connectivity index (χ2n) is 5.92. The molecule has 0 unspecified atom stereocenters. The van der Waals surface area contributed by atoms with Gasteiger partial charge in [-0.1, -0.05) is 42.0 Å². The van der Waals surface area contributed by atoms with Crippen LogP contribution in [0.2, 0.25) is 0 Å². The van der Waals surface area contributed by atoms with Gasteiger partial charge in [-0.25, -0.2) is 4.39 Å². The van der Waals surface area contributed by atoms with Gasteiger partial charge < -0.3 is 0 Å². The van der Waals surface area contributed by atoms with Crippen LogP contribution in [0.1, 0.15) is 16.7 Å². The third-order valence-corrected chi connectivity index (χ3v) is 4.94. The van der Waals surface area contributed by atoms with Crippen LogP contribution >= 0.6 is 11.8 Å². The Labute approximate surface area is 144 Å². The molecule has 0 saturated carbocycles. The Morgan fingerprint density at radius 3 is 2.25 bits per heavy atom. The van der Waals surface area contributed by atoms with Crippen LogP contribution in [0.3, 0.4) is 0 Å². The Morgan fingerprint density at radius 2 is 1.67 bits per heavy atom. The van der Waals surface area contributed by atoms with Crippen LogP contribution in [0.25, 0.3) is 0 Å². The fourth-order valence-electron chi connectivity index (χ4n) is 2.66. The van der Waals surface area contributed by atoms with E-state index in [0.717, 1.165) is 11.6 Å². The topological polar surface area (TPSA) is 3.24 Å². The third kappa shape index (κ3) is 4.02. The molecule has 0 aliphatic carbocycles. The van der Waals surface area contributed by atoms with Crippen LogP contribution in [-0.2, 0) is 13.1 Å². The zero-order chi connectivity index (χ0) is 17.2. The summed E-state index contributed by atoms with van der Waals surface area (Å²) in [7, 11) is 0. The Bertz CT molecular complexity index is 716. The van der Waals surface area contributed by atoms with Gasteiger partial charge in [-0.05, 0) is 48.0 Å². The second kappa shape index (κ2) is 7.03. The maximum atomic E-state index is 14.0. The summed E-state index contributed by atoms with van der Waals surface area (Å²) in [6.07, 6.45) is 0.993. The lowest BCUT2D eigenvalue weighted by Gasteiger charge is -2.16. The monoisotopic (exact) mass is 349 g/mol. The maximum absolute atomic E-state index is 14.0. The van der Waals surface area contributed by atoms with Crippen molar-refractivity contribution in [3.63, 3.8) is 0 Å². The summed E-state index contributed by atoms with van der Waals surface area (Å²) in [5, 5.41) is -3.55. The number of halogens is 3. The predicted octanol–water partition coefficient (Wildman–Crippen LogP) is 5.55. The molecule has 5 heteroatoms. The normalized spacial score (nSPS) is 15.6. The molecule has 1 aliphatic heterocycles. The van der Waals surface area contributed by atoms with E-state index in [0.29, 0.717) is 18.0 Å². The van der Waals surface area contributed by atoms with Crippen molar-refractivity contribution >= 4 is 11.8 Å². The highest BCUT2D eigenvalue weighted by atomic mass is 32.2. The van der Waals surface area contributed by atoms with E-state index in [1.807, 2.05) is 36.1 Å². The molecule has 126 valence electrons. The van der Waals surface area contributed by atoms with Crippen LogP contribution in [0.15, 0.2) is 65.3 Å². The zero-order valence-electron chi connectivity index (χ0n) is 13.3. The third-order valence-electron chi connectivity index (χ3n) is 3.98.